The monoisotopic (exact) mass is 563 g/mol. The number of amides is 2. The Balaban J connectivity index is 1.97. The van der Waals surface area contributed by atoms with Gasteiger partial charge in [-0.3, -0.25) is 24.1 Å². The Hall–Kier alpha value is -3.22. The fraction of sp³-hybridized carbons (Fsp3) is 0.417. The Kier molecular flexibility index (Phi) is 6.05. The van der Waals surface area contributed by atoms with E-state index in [0.29, 0.717) is 10.0 Å². The maximum absolute atomic E-state index is 13.7. The van der Waals surface area contributed by atoms with Crippen LogP contribution in [0.4, 0.5) is 0 Å². The van der Waals surface area contributed by atoms with Crippen LogP contribution in [0.2, 0.25) is 0 Å². The first kappa shape index (κ1) is 25.9. The van der Waals surface area contributed by atoms with E-state index in [1.54, 1.807) is 14.1 Å². The number of ketones is 2. The van der Waals surface area contributed by atoms with Crippen LogP contribution in [-0.2, 0) is 16.0 Å². The van der Waals surface area contributed by atoms with Crippen molar-refractivity contribution in [3.63, 3.8) is 0 Å². The molecule has 0 aromatic heterocycles. The summed E-state index contributed by atoms with van der Waals surface area (Å²) in [5.41, 5.74) is 1.49. The molecule has 3 aliphatic carbocycles. The number of carbonyl (C=O) groups excluding carboxylic acids is 4. The molecule has 0 spiro atoms. The molecule has 1 aromatic rings. The lowest BCUT2D eigenvalue weighted by Crippen LogP contribution is -2.63. The number of halogens is 1. The van der Waals surface area contributed by atoms with Crippen molar-refractivity contribution in [2.24, 2.45) is 17.6 Å². The maximum atomic E-state index is 13.7. The first-order valence-corrected chi connectivity index (χ1v) is 11.9. The van der Waals surface area contributed by atoms with Crippen LogP contribution in [0, 0.1) is 11.8 Å². The molecule has 6 N–H and O–H groups in total. The zero-order valence-electron chi connectivity index (χ0n) is 20.0. The second-order valence-corrected chi connectivity index (χ2v) is 10.6. The summed E-state index contributed by atoms with van der Waals surface area (Å²) in [6.07, 6.45) is 0.108. The number of aromatic hydroxyl groups is 1. The molecule has 192 valence electrons. The van der Waals surface area contributed by atoms with Gasteiger partial charge in [-0.2, -0.15) is 0 Å². The zero-order chi connectivity index (χ0) is 27.0. The molecule has 0 heterocycles. The number of aliphatic hydroxyl groups excluding tert-OH is 2. The molecule has 4 rings (SSSR count). The first-order chi connectivity index (χ1) is 16.7. The van der Waals surface area contributed by atoms with Crippen molar-refractivity contribution >= 4 is 39.3 Å². The third-order valence-corrected chi connectivity index (χ3v) is 8.01. The van der Waals surface area contributed by atoms with Gasteiger partial charge in [0.1, 0.15) is 22.8 Å². The predicted molar refractivity (Wildman–Crippen MR) is 129 cm³/mol. The summed E-state index contributed by atoms with van der Waals surface area (Å²) in [5, 5.41) is 44.6. The highest BCUT2D eigenvalue weighted by atomic mass is 79.9. The van der Waals surface area contributed by atoms with Crippen molar-refractivity contribution in [2.75, 3.05) is 28.2 Å². The Labute approximate surface area is 214 Å². The van der Waals surface area contributed by atoms with Crippen LogP contribution in [-0.4, -0.2) is 93.4 Å². The number of nitrogens with zero attached hydrogens (tertiary/aromatic N) is 2. The van der Waals surface area contributed by atoms with Gasteiger partial charge in [0, 0.05) is 30.1 Å². The molecule has 1 aromatic carbocycles. The van der Waals surface area contributed by atoms with E-state index in [1.165, 1.54) is 30.0 Å². The number of phenolic OH excluding ortho intramolecular Hbond substituents is 1. The van der Waals surface area contributed by atoms with E-state index in [4.69, 9.17) is 5.73 Å². The molecule has 0 saturated heterocycles. The maximum Gasteiger partial charge on any atom is 0.257 e. The predicted octanol–water partition coefficient (Wildman–Crippen LogP) is 0.585. The van der Waals surface area contributed by atoms with E-state index in [1.807, 2.05) is 0 Å². The van der Waals surface area contributed by atoms with Gasteiger partial charge < -0.3 is 31.1 Å². The summed E-state index contributed by atoms with van der Waals surface area (Å²) in [4.78, 5) is 54.3. The molecule has 0 bridgehead atoms. The van der Waals surface area contributed by atoms with Crippen LogP contribution in [0.25, 0.3) is 0 Å². The Morgan fingerprint density at radius 3 is 2.28 bits per heavy atom. The molecule has 0 unspecified atom stereocenters. The molecule has 0 fully saturated rings. The number of fused-ring (bicyclic) bond motifs is 3. The number of phenols is 1. The van der Waals surface area contributed by atoms with Crippen molar-refractivity contribution in [1.82, 2.24) is 9.80 Å². The van der Waals surface area contributed by atoms with Crippen molar-refractivity contribution in [2.45, 2.75) is 24.5 Å². The number of Topliss-reactive ketones (excluding diaryl/α,β-unsaturated/α-hetero) is 2. The zero-order valence-corrected chi connectivity index (χ0v) is 21.6. The standard InChI is InChI=1S/C24H26BrN3O8/c1-27(2)16-11-6-8-5-9-12(25)7-10(23(35)28(3)4)17(29)14(9)18(30)13(8)20(32)24(11,36)21(33)15(19(16)31)22(26)34/h7-8,11,16,29,31-32,36H,5-6H2,1-4H3,(H2,26,34)/t8-,11-,16-,24-/m0/s1. The van der Waals surface area contributed by atoms with Gasteiger partial charge in [0.15, 0.2) is 11.4 Å². The van der Waals surface area contributed by atoms with E-state index in [9.17, 15) is 39.6 Å². The summed E-state index contributed by atoms with van der Waals surface area (Å²) in [6, 6.07) is 0.352. The van der Waals surface area contributed by atoms with Crippen LogP contribution < -0.4 is 5.73 Å². The lowest BCUT2D eigenvalue weighted by Gasteiger charge is -2.50. The van der Waals surface area contributed by atoms with Crippen LogP contribution in [0.1, 0.15) is 32.7 Å². The Morgan fingerprint density at radius 1 is 1.14 bits per heavy atom. The van der Waals surface area contributed by atoms with Crippen molar-refractivity contribution in [1.29, 1.82) is 0 Å². The molecule has 3 aliphatic rings. The minimum Gasteiger partial charge on any atom is -0.510 e. The molecule has 4 atom stereocenters. The highest BCUT2D eigenvalue weighted by Gasteiger charge is 2.63. The number of allylic oxidation sites excluding steroid dienone is 1. The highest BCUT2D eigenvalue weighted by molar-refractivity contribution is 9.10. The molecule has 11 nitrogen and oxygen atoms in total. The molecule has 0 radical (unpaired) electrons. The largest absolute Gasteiger partial charge is 0.510 e. The van der Waals surface area contributed by atoms with Gasteiger partial charge in [-0.25, -0.2) is 0 Å². The van der Waals surface area contributed by atoms with E-state index in [-0.39, 0.29) is 29.5 Å². The van der Waals surface area contributed by atoms with Gasteiger partial charge in [0.25, 0.3) is 11.8 Å². The smallest absolute Gasteiger partial charge is 0.257 e. The third kappa shape index (κ3) is 3.31. The Bertz CT molecular complexity index is 1310. The number of benzene rings is 1. The minimum atomic E-state index is -2.71. The van der Waals surface area contributed by atoms with Crippen LogP contribution >= 0.6 is 15.9 Å². The number of rotatable bonds is 3. The van der Waals surface area contributed by atoms with Gasteiger partial charge >= 0.3 is 0 Å². The second-order valence-electron chi connectivity index (χ2n) is 9.77. The van der Waals surface area contributed by atoms with Gasteiger partial charge in [0.2, 0.25) is 5.78 Å². The Morgan fingerprint density at radius 2 is 1.75 bits per heavy atom. The van der Waals surface area contributed by atoms with Crippen molar-refractivity contribution < 1.29 is 39.6 Å². The van der Waals surface area contributed by atoms with Crippen LogP contribution in [0.5, 0.6) is 5.75 Å². The van der Waals surface area contributed by atoms with Gasteiger partial charge in [0.05, 0.1) is 17.2 Å². The average molecular weight is 564 g/mol. The lowest BCUT2D eigenvalue weighted by molar-refractivity contribution is -0.148. The molecular weight excluding hydrogens is 538 g/mol. The minimum absolute atomic E-state index is 0.0165. The summed E-state index contributed by atoms with van der Waals surface area (Å²) in [5.74, 6) is -7.97. The first-order valence-electron chi connectivity index (χ1n) is 11.1. The summed E-state index contributed by atoms with van der Waals surface area (Å²) < 4.78 is 0.399. The quantitative estimate of drug-likeness (QED) is 0.328. The van der Waals surface area contributed by atoms with E-state index in [0.717, 1.165) is 0 Å². The SMILES string of the molecule is CN(C)C(=O)c1cc(Br)c2c(c1O)C(=O)C1=C(O)[C@]3(O)C(=O)C(C(N)=O)=C(O)[C@@H](N(C)C)[C@@H]3C[C@@H]1C2. The van der Waals surface area contributed by atoms with Crippen LogP contribution in [0.15, 0.2) is 33.2 Å². The second kappa shape index (κ2) is 8.43. The fourth-order valence-corrected chi connectivity index (χ4v) is 6.27. The normalized spacial score (nSPS) is 27.6. The molecule has 12 heteroatoms. The third-order valence-electron chi connectivity index (χ3n) is 7.30. The molecule has 0 saturated carbocycles. The van der Waals surface area contributed by atoms with E-state index < -0.39 is 69.7 Å². The number of hydrogen-bond donors (Lipinski definition) is 5. The highest BCUT2D eigenvalue weighted by Crippen LogP contribution is 2.53. The van der Waals surface area contributed by atoms with Crippen molar-refractivity contribution in [3.8, 4) is 5.75 Å². The number of primary amides is 1. The van der Waals surface area contributed by atoms with E-state index >= 15 is 0 Å². The summed E-state index contributed by atoms with van der Waals surface area (Å²) in [6.45, 7) is 0. The fourth-order valence-electron chi connectivity index (χ4n) is 5.68. The van der Waals surface area contributed by atoms with Gasteiger partial charge in [-0.15, -0.1) is 0 Å². The molecule has 36 heavy (non-hydrogen) atoms. The molecular formula is C24H26BrN3O8. The van der Waals surface area contributed by atoms with E-state index in [2.05, 4.69) is 15.9 Å². The summed E-state index contributed by atoms with van der Waals surface area (Å²) in [7, 11) is 6.08. The topological polar surface area (TPSA) is 182 Å². The molecule has 0 aliphatic heterocycles. The number of hydrogen-bond acceptors (Lipinski definition) is 9. The molecule has 2 amide bonds. The average Bonchev–Trinajstić information content (AvgIpc) is 2.77. The summed E-state index contributed by atoms with van der Waals surface area (Å²) >= 11 is 3.38. The number of likely N-dealkylation sites (N-methyl/N-ethyl adjacent to an activating group) is 1. The van der Waals surface area contributed by atoms with Crippen LogP contribution in [0.3, 0.4) is 0 Å². The van der Waals surface area contributed by atoms with Gasteiger partial charge in [-0.05, 0) is 44.5 Å². The number of nitrogens with two attached hydrogens (primary N) is 1. The lowest BCUT2D eigenvalue weighted by atomic mass is 9.58. The van der Waals surface area contributed by atoms with Gasteiger partial charge in [-0.1, -0.05) is 15.9 Å². The van der Waals surface area contributed by atoms with Crippen molar-refractivity contribution in [3.05, 3.63) is 49.9 Å². The number of carbonyl (C=O) groups is 4. The number of aliphatic hydroxyl groups is 3.